The second kappa shape index (κ2) is 6.90. The van der Waals surface area contributed by atoms with Gasteiger partial charge in [0.1, 0.15) is 0 Å². The Hall–Kier alpha value is -3.30. The zero-order valence-electron chi connectivity index (χ0n) is 14.0. The topological polar surface area (TPSA) is 140 Å². The van der Waals surface area contributed by atoms with Crippen LogP contribution in [-0.2, 0) is 4.79 Å². The van der Waals surface area contributed by atoms with Crippen LogP contribution in [0.2, 0.25) is 0 Å². The summed E-state index contributed by atoms with van der Waals surface area (Å²) in [6, 6.07) is 5.65. The van der Waals surface area contributed by atoms with E-state index in [9.17, 15) is 19.7 Å². The number of nitro groups is 1. The van der Waals surface area contributed by atoms with Crippen molar-refractivity contribution in [3.8, 4) is 5.69 Å². The van der Waals surface area contributed by atoms with Crippen molar-refractivity contribution in [3.05, 3.63) is 45.8 Å². The van der Waals surface area contributed by atoms with E-state index in [1.54, 1.807) is 13.0 Å². The maximum absolute atomic E-state index is 12.4. The number of hydrogen-bond donors (Lipinski definition) is 2. The zero-order chi connectivity index (χ0) is 18.8. The number of benzene rings is 1. The van der Waals surface area contributed by atoms with E-state index in [0.717, 1.165) is 0 Å². The number of aromatic nitrogens is 3. The quantitative estimate of drug-likeness (QED) is 0.608. The van der Waals surface area contributed by atoms with Crippen molar-refractivity contribution >= 4 is 17.6 Å². The van der Waals surface area contributed by atoms with Gasteiger partial charge in [-0.15, -0.1) is 5.10 Å². The fourth-order valence-electron chi connectivity index (χ4n) is 3.11. The van der Waals surface area contributed by atoms with E-state index in [1.807, 2.05) is 0 Å². The molecule has 1 amide bonds. The summed E-state index contributed by atoms with van der Waals surface area (Å²) < 4.78 is 1.36. The van der Waals surface area contributed by atoms with Gasteiger partial charge in [-0.1, -0.05) is 11.3 Å². The molecule has 1 fully saturated rings. The monoisotopic (exact) mass is 359 g/mol. The number of carboxylic acid groups (broad SMARTS) is 1. The molecular weight excluding hydrogens is 342 g/mol. The maximum atomic E-state index is 12.4. The second-order valence-electron chi connectivity index (χ2n) is 6.23. The Balaban J connectivity index is 1.77. The number of nitrogens with one attached hydrogen (secondary N) is 1. The van der Waals surface area contributed by atoms with Crippen LogP contribution < -0.4 is 5.32 Å². The van der Waals surface area contributed by atoms with Gasteiger partial charge in [-0.25, -0.2) is 4.68 Å². The second-order valence-corrected chi connectivity index (χ2v) is 6.23. The summed E-state index contributed by atoms with van der Waals surface area (Å²) >= 11 is 0. The van der Waals surface area contributed by atoms with Gasteiger partial charge in [0.25, 0.3) is 11.6 Å². The van der Waals surface area contributed by atoms with E-state index >= 15 is 0 Å². The molecule has 1 aromatic carbocycles. The number of hydrogen-bond acceptors (Lipinski definition) is 6. The number of non-ortho nitro benzene ring substituents is 1. The van der Waals surface area contributed by atoms with Crippen molar-refractivity contribution in [1.82, 2.24) is 20.3 Å². The highest BCUT2D eigenvalue weighted by molar-refractivity contribution is 5.93. The molecule has 10 nitrogen and oxygen atoms in total. The molecule has 0 aliphatic heterocycles. The molecule has 0 radical (unpaired) electrons. The van der Waals surface area contributed by atoms with E-state index in [0.29, 0.717) is 30.6 Å². The number of nitrogens with zero attached hydrogens (tertiary/aromatic N) is 4. The average Bonchev–Trinajstić information content (AvgIpc) is 3.21. The molecule has 0 bridgehead atoms. The summed E-state index contributed by atoms with van der Waals surface area (Å²) in [6.45, 7) is 1.64. The van der Waals surface area contributed by atoms with Gasteiger partial charge in [0.05, 0.1) is 22.2 Å². The first-order valence-electron chi connectivity index (χ1n) is 8.07. The van der Waals surface area contributed by atoms with Crippen molar-refractivity contribution < 1.29 is 19.6 Å². The Kier molecular flexibility index (Phi) is 4.65. The molecule has 1 aliphatic rings. The van der Waals surface area contributed by atoms with E-state index in [2.05, 4.69) is 15.6 Å². The number of carbonyl (C=O) groups is 2. The van der Waals surface area contributed by atoms with Gasteiger partial charge in [0.15, 0.2) is 5.69 Å². The van der Waals surface area contributed by atoms with Gasteiger partial charge >= 0.3 is 5.97 Å². The van der Waals surface area contributed by atoms with E-state index in [-0.39, 0.29) is 17.4 Å². The number of amides is 1. The van der Waals surface area contributed by atoms with Gasteiger partial charge in [-0.2, -0.15) is 0 Å². The number of carboxylic acids is 1. The van der Waals surface area contributed by atoms with Crippen molar-refractivity contribution in [2.75, 3.05) is 0 Å². The summed E-state index contributed by atoms with van der Waals surface area (Å²) in [5, 5.41) is 30.5. The van der Waals surface area contributed by atoms with Gasteiger partial charge in [0, 0.05) is 18.2 Å². The smallest absolute Gasteiger partial charge is 0.306 e. The lowest BCUT2D eigenvalue weighted by molar-refractivity contribution is -0.384. The molecule has 0 unspecified atom stereocenters. The minimum Gasteiger partial charge on any atom is -0.481 e. The fraction of sp³-hybridized carbons (Fsp3) is 0.375. The van der Waals surface area contributed by atoms with Crippen LogP contribution in [0.3, 0.4) is 0 Å². The molecule has 10 heteroatoms. The Bertz CT molecular complexity index is 878. The van der Waals surface area contributed by atoms with Gasteiger partial charge in [-0.05, 0) is 32.3 Å². The molecule has 26 heavy (non-hydrogen) atoms. The minimum absolute atomic E-state index is 0.0888. The molecule has 1 aromatic heterocycles. The zero-order valence-corrected chi connectivity index (χ0v) is 14.0. The van der Waals surface area contributed by atoms with Crippen LogP contribution in [0.25, 0.3) is 5.69 Å². The van der Waals surface area contributed by atoms with E-state index in [4.69, 9.17) is 5.11 Å². The lowest BCUT2D eigenvalue weighted by atomic mass is 10.1. The summed E-state index contributed by atoms with van der Waals surface area (Å²) in [4.78, 5) is 33.8. The molecule has 136 valence electrons. The minimum atomic E-state index is -0.852. The van der Waals surface area contributed by atoms with E-state index < -0.39 is 22.7 Å². The normalized spacial score (nSPS) is 19.3. The SMILES string of the molecule is Cc1c(C(=O)N[C@@H]2CC[C@H](C(=O)O)C2)nnn1-c1cccc([N+](=O)[O-])c1. The molecule has 2 N–H and O–H groups in total. The number of rotatable bonds is 5. The Labute approximate surface area is 148 Å². The molecule has 0 saturated heterocycles. The Morgan fingerprint density at radius 2 is 2.15 bits per heavy atom. The van der Waals surface area contributed by atoms with Gasteiger partial charge in [0.2, 0.25) is 0 Å². The maximum Gasteiger partial charge on any atom is 0.306 e. The lowest BCUT2D eigenvalue weighted by Gasteiger charge is -2.11. The van der Waals surface area contributed by atoms with Gasteiger partial charge < -0.3 is 10.4 Å². The van der Waals surface area contributed by atoms with Crippen molar-refractivity contribution in [2.24, 2.45) is 5.92 Å². The molecule has 3 rings (SSSR count). The number of aliphatic carboxylic acids is 1. The lowest BCUT2D eigenvalue weighted by Crippen LogP contribution is -2.34. The molecule has 1 aliphatic carbocycles. The third-order valence-corrected chi connectivity index (χ3v) is 4.51. The Morgan fingerprint density at radius 3 is 2.81 bits per heavy atom. The summed E-state index contributed by atoms with van der Waals surface area (Å²) in [7, 11) is 0. The van der Waals surface area contributed by atoms with Crippen LogP contribution in [0.4, 0.5) is 5.69 Å². The highest BCUT2D eigenvalue weighted by atomic mass is 16.6. The highest BCUT2D eigenvalue weighted by Crippen LogP contribution is 2.26. The number of carbonyl (C=O) groups excluding carboxylic acids is 1. The molecule has 1 saturated carbocycles. The standard InChI is InChI=1S/C16H17N5O5/c1-9-14(15(22)17-11-6-5-10(7-11)16(23)24)18-19-20(9)12-3-2-4-13(8-12)21(25)26/h2-4,8,10-11H,5-7H2,1H3,(H,17,22)(H,23,24)/t10-,11+/m0/s1. The third kappa shape index (κ3) is 3.39. The number of nitro benzene ring substituents is 1. The van der Waals surface area contributed by atoms with Crippen molar-refractivity contribution in [1.29, 1.82) is 0 Å². The first-order chi connectivity index (χ1) is 12.4. The van der Waals surface area contributed by atoms with Crippen LogP contribution in [-0.4, -0.2) is 42.9 Å². The molecule has 2 aromatic rings. The molecular formula is C16H17N5O5. The van der Waals surface area contributed by atoms with E-state index in [1.165, 1.54) is 22.9 Å². The van der Waals surface area contributed by atoms with Crippen molar-refractivity contribution in [3.63, 3.8) is 0 Å². The molecule has 2 atom stereocenters. The predicted octanol–water partition coefficient (Wildman–Crippen LogP) is 1.47. The fourth-order valence-corrected chi connectivity index (χ4v) is 3.11. The molecule has 1 heterocycles. The van der Waals surface area contributed by atoms with Crippen molar-refractivity contribution in [2.45, 2.75) is 32.2 Å². The first-order valence-corrected chi connectivity index (χ1v) is 8.07. The summed E-state index contributed by atoms with van der Waals surface area (Å²) in [5.41, 5.74) is 0.884. The van der Waals surface area contributed by atoms with Gasteiger partial charge in [-0.3, -0.25) is 19.7 Å². The van der Waals surface area contributed by atoms with Crippen LogP contribution in [0.1, 0.15) is 35.4 Å². The summed E-state index contributed by atoms with van der Waals surface area (Å²) in [5.74, 6) is -1.73. The van der Waals surface area contributed by atoms with Crippen LogP contribution in [0.5, 0.6) is 0 Å². The first kappa shape index (κ1) is 17.5. The van der Waals surface area contributed by atoms with Crippen LogP contribution in [0, 0.1) is 23.0 Å². The predicted molar refractivity (Wildman–Crippen MR) is 89.0 cm³/mol. The summed E-state index contributed by atoms with van der Waals surface area (Å²) in [6.07, 6.45) is 1.51. The molecule has 0 spiro atoms. The third-order valence-electron chi connectivity index (χ3n) is 4.51. The average molecular weight is 359 g/mol. The van der Waals surface area contributed by atoms with Crippen LogP contribution >= 0.6 is 0 Å². The van der Waals surface area contributed by atoms with Crippen LogP contribution in [0.15, 0.2) is 24.3 Å². The Morgan fingerprint density at radius 1 is 1.38 bits per heavy atom. The largest absolute Gasteiger partial charge is 0.481 e. The highest BCUT2D eigenvalue weighted by Gasteiger charge is 2.31.